The van der Waals surface area contributed by atoms with Gasteiger partial charge in [0.2, 0.25) is 5.91 Å². The maximum Gasteiger partial charge on any atom is 0.228 e. The molecule has 1 aliphatic carbocycles. The number of hydrogen-bond acceptors (Lipinski definition) is 3. The van der Waals surface area contributed by atoms with Gasteiger partial charge in [-0.3, -0.25) is 9.59 Å². The topological polar surface area (TPSA) is 66.4 Å². The van der Waals surface area contributed by atoms with E-state index < -0.39 is 12.0 Å². The molecular formula is C15H25NO3. The third-order valence-corrected chi connectivity index (χ3v) is 4.78. The molecule has 0 aromatic carbocycles. The van der Waals surface area contributed by atoms with Crippen molar-refractivity contribution in [2.24, 2.45) is 17.8 Å². The maximum absolute atomic E-state index is 12.3. The van der Waals surface area contributed by atoms with Gasteiger partial charge in [-0.2, -0.15) is 0 Å². The number of hydrogen-bond donors (Lipinski definition) is 2. The van der Waals surface area contributed by atoms with Crippen molar-refractivity contribution >= 4 is 11.7 Å². The average molecular weight is 267 g/mol. The Morgan fingerprint density at radius 1 is 1.32 bits per heavy atom. The van der Waals surface area contributed by atoms with Gasteiger partial charge in [0, 0.05) is 12.3 Å². The minimum Gasteiger partial charge on any atom is -0.393 e. The van der Waals surface area contributed by atoms with E-state index in [-0.39, 0.29) is 23.7 Å². The fourth-order valence-electron chi connectivity index (χ4n) is 3.43. The van der Waals surface area contributed by atoms with Crippen molar-refractivity contribution in [2.45, 2.75) is 64.5 Å². The summed E-state index contributed by atoms with van der Waals surface area (Å²) in [5.74, 6) is 0.0499. The van der Waals surface area contributed by atoms with Crippen molar-refractivity contribution in [3.63, 3.8) is 0 Å². The number of β-lactam (4-membered cyclic amide) rings is 1. The summed E-state index contributed by atoms with van der Waals surface area (Å²) in [6.45, 7) is 3.50. The zero-order chi connectivity index (χ0) is 14.0. The number of ketones is 1. The van der Waals surface area contributed by atoms with Crippen LogP contribution in [0.4, 0.5) is 0 Å². The van der Waals surface area contributed by atoms with E-state index in [0.717, 1.165) is 12.8 Å². The first-order valence-corrected chi connectivity index (χ1v) is 7.52. The second-order valence-corrected chi connectivity index (χ2v) is 6.26. The van der Waals surface area contributed by atoms with Crippen molar-refractivity contribution < 1.29 is 14.7 Å². The van der Waals surface area contributed by atoms with Crippen LogP contribution in [-0.4, -0.2) is 28.9 Å². The fraction of sp³-hybridized carbons (Fsp3) is 0.867. The van der Waals surface area contributed by atoms with Crippen LogP contribution in [0.5, 0.6) is 0 Å². The van der Waals surface area contributed by atoms with Crippen LogP contribution in [0, 0.1) is 17.8 Å². The second-order valence-electron chi connectivity index (χ2n) is 6.26. The molecule has 4 atom stereocenters. The lowest BCUT2D eigenvalue weighted by molar-refractivity contribution is -0.145. The quantitative estimate of drug-likeness (QED) is 0.744. The summed E-state index contributed by atoms with van der Waals surface area (Å²) < 4.78 is 0. The van der Waals surface area contributed by atoms with Gasteiger partial charge in [-0.25, -0.2) is 0 Å². The predicted molar refractivity (Wildman–Crippen MR) is 72.5 cm³/mol. The van der Waals surface area contributed by atoms with E-state index in [1.54, 1.807) is 6.92 Å². The molecule has 0 radical (unpaired) electrons. The van der Waals surface area contributed by atoms with E-state index in [1.807, 2.05) is 6.92 Å². The number of nitrogens with one attached hydrogen (secondary N) is 1. The number of carbonyl (C=O) groups is 2. The molecule has 1 saturated carbocycles. The van der Waals surface area contributed by atoms with Gasteiger partial charge in [0.1, 0.15) is 5.78 Å². The number of Topliss-reactive ketones (excluding diaryl/α,β-unsaturated/α-hetero) is 1. The number of aliphatic hydroxyl groups is 1. The van der Waals surface area contributed by atoms with E-state index in [4.69, 9.17) is 0 Å². The van der Waals surface area contributed by atoms with Crippen LogP contribution >= 0.6 is 0 Å². The highest BCUT2D eigenvalue weighted by molar-refractivity contribution is 5.90. The molecule has 2 N–H and O–H groups in total. The van der Waals surface area contributed by atoms with Gasteiger partial charge < -0.3 is 10.4 Å². The molecule has 1 amide bonds. The Labute approximate surface area is 115 Å². The molecule has 1 heterocycles. The number of rotatable bonds is 5. The summed E-state index contributed by atoms with van der Waals surface area (Å²) >= 11 is 0. The van der Waals surface area contributed by atoms with Gasteiger partial charge in [0.25, 0.3) is 0 Å². The van der Waals surface area contributed by atoms with E-state index in [0.29, 0.717) is 12.3 Å². The van der Waals surface area contributed by atoms with E-state index in [2.05, 4.69) is 5.32 Å². The molecule has 4 nitrogen and oxygen atoms in total. The Hall–Kier alpha value is -0.900. The highest BCUT2D eigenvalue weighted by atomic mass is 16.3. The summed E-state index contributed by atoms with van der Waals surface area (Å²) in [6.07, 6.45) is 6.06. The fourth-order valence-corrected chi connectivity index (χ4v) is 3.43. The minimum absolute atomic E-state index is 0.127. The molecule has 0 aromatic rings. The van der Waals surface area contributed by atoms with Gasteiger partial charge in [-0.05, 0) is 12.8 Å². The standard InChI is InChI=1S/C15H25NO3/c1-9(14-13(10(2)17)15(19)16-14)12(18)8-11-6-4-3-5-7-11/h9-11,13-14,17H,3-8H2,1-2H3,(H,16,19)/t9-,10+,13?,14+/m0/s1. The molecule has 0 spiro atoms. The third kappa shape index (κ3) is 3.16. The second kappa shape index (κ2) is 6.04. The van der Waals surface area contributed by atoms with Crippen LogP contribution in [0.15, 0.2) is 0 Å². The molecule has 0 aromatic heterocycles. The van der Waals surface area contributed by atoms with Crippen LogP contribution in [0.3, 0.4) is 0 Å². The smallest absolute Gasteiger partial charge is 0.228 e. The number of aliphatic hydroxyl groups excluding tert-OH is 1. The zero-order valence-electron chi connectivity index (χ0n) is 11.9. The lowest BCUT2D eigenvalue weighted by Gasteiger charge is -2.41. The van der Waals surface area contributed by atoms with Gasteiger partial charge in [-0.15, -0.1) is 0 Å². The van der Waals surface area contributed by atoms with Gasteiger partial charge in [-0.1, -0.05) is 39.0 Å². The van der Waals surface area contributed by atoms with Gasteiger partial charge in [0.15, 0.2) is 0 Å². The Morgan fingerprint density at radius 3 is 2.47 bits per heavy atom. The monoisotopic (exact) mass is 267 g/mol. The Bertz CT molecular complexity index is 347. The van der Waals surface area contributed by atoms with E-state index in [9.17, 15) is 14.7 Å². The van der Waals surface area contributed by atoms with Gasteiger partial charge in [0.05, 0.1) is 18.1 Å². The van der Waals surface area contributed by atoms with E-state index >= 15 is 0 Å². The van der Waals surface area contributed by atoms with Crippen LogP contribution in [0.2, 0.25) is 0 Å². The molecule has 0 bridgehead atoms. The van der Waals surface area contributed by atoms with Crippen LogP contribution in [0.1, 0.15) is 52.4 Å². The van der Waals surface area contributed by atoms with E-state index in [1.165, 1.54) is 19.3 Å². The summed E-state index contributed by atoms with van der Waals surface area (Å²) in [7, 11) is 0. The van der Waals surface area contributed by atoms with Crippen LogP contribution in [-0.2, 0) is 9.59 Å². The van der Waals surface area contributed by atoms with Crippen molar-refractivity contribution in [3.8, 4) is 0 Å². The largest absolute Gasteiger partial charge is 0.393 e. The lowest BCUT2D eigenvalue weighted by Crippen LogP contribution is -2.65. The molecular weight excluding hydrogens is 242 g/mol. The highest BCUT2D eigenvalue weighted by Gasteiger charge is 2.46. The molecule has 108 valence electrons. The van der Waals surface area contributed by atoms with Gasteiger partial charge >= 0.3 is 0 Å². The summed E-state index contributed by atoms with van der Waals surface area (Å²) in [5, 5.41) is 12.4. The minimum atomic E-state index is -0.677. The SMILES string of the molecule is C[C@@H](O)C1C(=O)N[C@@H]1[C@@H](C)C(=O)CC1CCCCC1. The number of amides is 1. The van der Waals surface area contributed by atoms with Crippen molar-refractivity contribution in [1.82, 2.24) is 5.32 Å². The maximum atomic E-state index is 12.3. The molecule has 1 unspecified atom stereocenters. The first kappa shape index (κ1) is 14.5. The molecule has 2 fully saturated rings. The summed E-state index contributed by atoms with van der Waals surface area (Å²) in [5.41, 5.74) is 0. The normalized spacial score (nSPS) is 31.2. The Morgan fingerprint density at radius 2 is 1.95 bits per heavy atom. The van der Waals surface area contributed by atoms with Crippen LogP contribution < -0.4 is 5.32 Å². The highest BCUT2D eigenvalue weighted by Crippen LogP contribution is 2.31. The van der Waals surface area contributed by atoms with Crippen LogP contribution in [0.25, 0.3) is 0 Å². The third-order valence-electron chi connectivity index (χ3n) is 4.78. The van der Waals surface area contributed by atoms with Crippen molar-refractivity contribution in [3.05, 3.63) is 0 Å². The zero-order valence-corrected chi connectivity index (χ0v) is 11.9. The summed E-state index contributed by atoms with van der Waals surface area (Å²) in [4.78, 5) is 23.7. The molecule has 4 heteroatoms. The summed E-state index contributed by atoms with van der Waals surface area (Å²) in [6, 6.07) is -0.177. The first-order chi connectivity index (χ1) is 9.00. The number of carbonyl (C=O) groups excluding carboxylic acids is 2. The Kier molecular flexibility index (Phi) is 4.61. The van der Waals surface area contributed by atoms with Crippen molar-refractivity contribution in [2.75, 3.05) is 0 Å². The molecule has 2 rings (SSSR count). The van der Waals surface area contributed by atoms with Crippen molar-refractivity contribution in [1.29, 1.82) is 0 Å². The average Bonchev–Trinajstić information content (AvgIpc) is 2.35. The molecule has 1 saturated heterocycles. The Balaban J connectivity index is 1.86. The molecule has 2 aliphatic rings. The first-order valence-electron chi connectivity index (χ1n) is 7.52. The lowest BCUT2D eigenvalue weighted by atomic mass is 9.75. The predicted octanol–water partition coefficient (Wildman–Crippen LogP) is 1.66. The molecule has 1 aliphatic heterocycles. The molecule has 19 heavy (non-hydrogen) atoms.